The van der Waals surface area contributed by atoms with Crippen molar-refractivity contribution < 1.29 is 13.2 Å². The minimum Gasteiger partial charge on any atom is -0.481 e. The number of H-pyrrole nitrogens is 1. The average Bonchev–Trinajstić information content (AvgIpc) is 3.11. The monoisotopic (exact) mass is 386 g/mol. The minimum atomic E-state index is -3.59. The second-order valence-electron chi connectivity index (χ2n) is 6.88. The first kappa shape index (κ1) is 17.9. The summed E-state index contributed by atoms with van der Waals surface area (Å²) in [6, 6.07) is 9.18. The van der Waals surface area contributed by atoms with Crippen LogP contribution in [0, 0.1) is 6.92 Å². The number of aryl methyl sites for hydroxylation is 1. The molecule has 0 aliphatic carbocycles. The van der Waals surface area contributed by atoms with Crippen molar-refractivity contribution in [3.8, 4) is 5.88 Å². The Balaban J connectivity index is 1.59. The Morgan fingerprint density at radius 3 is 2.85 bits per heavy atom. The number of aromatic nitrogens is 3. The fourth-order valence-electron chi connectivity index (χ4n) is 3.51. The molecule has 1 saturated heterocycles. The lowest BCUT2D eigenvalue weighted by molar-refractivity contribution is 0.310. The van der Waals surface area contributed by atoms with Crippen LogP contribution in [-0.4, -0.2) is 47.9 Å². The Morgan fingerprint density at radius 2 is 2.11 bits per heavy atom. The van der Waals surface area contributed by atoms with E-state index in [1.165, 1.54) is 23.7 Å². The maximum Gasteiger partial charge on any atom is 0.244 e. The van der Waals surface area contributed by atoms with E-state index in [-0.39, 0.29) is 10.8 Å². The summed E-state index contributed by atoms with van der Waals surface area (Å²) in [6.45, 7) is 2.95. The Morgan fingerprint density at radius 1 is 1.26 bits per heavy atom. The summed E-state index contributed by atoms with van der Waals surface area (Å²) in [5.74, 6) is 1.29. The van der Waals surface area contributed by atoms with E-state index in [1.807, 2.05) is 19.1 Å². The number of imidazole rings is 1. The minimum absolute atomic E-state index is 0.0486. The van der Waals surface area contributed by atoms with Crippen molar-refractivity contribution in [2.45, 2.75) is 30.6 Å². The van der Waals surface area contributed by atoms with Gasteiger partial charge in [0.1, 0.15) is 10.7 Å². The van der Waals surface area contributed by atoms with Crippen molar-refractivity contribution in [2.24, 2.45) is 0 Å². The zero-order valence-corrected chi connectivity index (χ0v) is 16.2. The zero-order valence-electron chi connectivity index (χ0n) is 15.3. The van der Waals surface area contributed by atoms with Crippen LogP contribution in [0.4, 0.5) is 0 Å². The van der Waals surface area contributed by atoms with Gasteiger partial charge in [-0.1, -0.05) is 6.07 Å². The first-order valence-corrected chi connectivity index (χ1v) is 10.4. The number of piperidine rings is 1. The molecule has 2 aromatic heterocycles. The predicted molar refractivity (Wildman–Crippen MR) is 102 cm³/mol. The molecule has 0 spiro atoms. The number of nitrogens with zero attached hydrogens (tertiary/aromatic N) is 3. The topological polar surface area (TPSA) is 88.2 Å². The van der Waals surface area contributed by atoms with Crippen LogP contribution in [0.1, 0.15) is 30.1 Å². The van der Waals surface area contributed by atoms with Gasteiger partial charge in [0.15, 0.2) is 0 Å². The number of pyridine rings is 1. The molecule has 1 fully saturated rings. The van der Waals surface area contributed by atoms with Gasteiger partial charge in [0, 0.05) is 25.1 Å². The third kappa shape index (κ3) is 3.42. The van der Waals surface area contributed by atoms with Gasteiger partial charge in [-0.2, -0.15) is 4.31 Å². The number of nitrogens with one attached hydrogen (secondary N) is 1. The third-order valence-electron chi connectivity index (χ3n) is 4.98. The zero-order chi connectivity index (χ0) is 19.0. The quantitative estimate of drug-likeness (QED) is 0.745. The largest absolute Gasteiger partial charge is 0.481 e. The van der Waals surface area contributed by atoms with Crippen LogP contribution in [0.25, 0.3) is 11.0 Å². The van der Waals surface area contributed by atoms with Crippen LogP contribution in [0.2, 0.25) is 0 Å². The van der Waals surface area contributed by atoms with E-state index >= 15 is 0 Å². The molecule has 0 bridgehead atoms. The van der Waals surface area contributed by atoms with Crippen LogP contribution >= 0.6 is 0 Å². The number of ether oxygens (including phenoxy) is 1. The normalized spacial score (nSPS) is 18.7. The summed E-state index contributed by atoms with van der Waals surface area (Å²) < 4.78 is 32.5. The number of rotatable bonds is 4. The Bertz CT molecular complexity index is 1060. The van der Waals surface area contributed by atoms with Crippen LogP contribution in [-0.2, 0) is 10.0 Å². The van der Waals surface area contributed by atoms with E-state index in [2.05, 4.69) is 21.0 Å². The standard InChI is InChI=1S/C19H22N4O3S/c1-13-5-7-16-17(10-13)22-19(21-16)14-4-3-9-23(12-14)27(24,25)15-6-8-18(26-2)20-11-15/h5-8,10-11,14H,3-4,9,12H2,1-2H3,(H,21,22)/t14-/m1/s1. The predicted octanol–water partition coefficient (Wildman–Crippen LogP) is 2.84. The van der Waals surface area contributed by atoms with Gasteiger partial charge >= 0.3 is 0 Å². The second-order valence-corrected chi connectivity index (χ2v) is 8.82. The number of aromatic amines is 1. The molecule has 1 N–H and O–H groups in total. The third-order valence-corrected chi connectivity index (χ3v) is 6.83. The Labute approximate surface area is 158 Å². The molecular weight excluding hydrogens is 364 g/mol. The Kier molecular flexibility index (Phi) is 4.61. The van der Waals surface area contributed by atoms with Crippen molar-refractivity contribution >= 4 is 21.1 Å². The van der Waals surface area contributed by atoms with E-state index in [1.54, 1.807) is 6.07 Å². The summed E-state index contributed by atoms with van der Waals surface area (Å²) in [4.78, 5) is 12.3. The summed E-state index contributed by atoms with van der Waals surface area (Å²) in [7, 11) is -2.09. The number of hydrogen-bond acceptors (Lipinski definition) is 5. The molecule has 8 heteroatoms. The van der Waals surface area contributed by atoms with Gasteiger partial charge < -0.3 is 9.72 Å². The molecule has 1 aliphatic heterocycles. The lowest BCUT2D eigenvalue weighted by Gasteiger charge is -2.30. The summed E-state index contributed by atoms with van der Waals surface area (Å²) >= 11 is 0. The highest BCUT2D eigenvalue weighted by Crippen LogP contribution is 2.30. The van der Waals surface area contributed by atoms with Crippen LogP contribution in [0.3, 0.4) is 0 Å². The number of sulfonamides is 1. The van der Waals surface area contributed by atoms with Crippen molar-refractivity contribution in [1.29, 1.82) is 0 Å². The highest BCUT2D eigenvalue weighted by molar-refractivity contribution is 7.89. The van der Waals surface area contributed by atoms with Crippen molar-refractivity contribution in [3.63, 3.8) is 0 Å². The van der Waals surface area contributed by atoms with Gasteiger partial charge in [-0.25, -0.2) is 18.4 Å². The van der Waals surface area contributed by atoms with E-state index in [0.29, 0.717) is 19.0 Å². The number of benzene rings is 1. The second kappa shape index (κ2) is 6.94. The molecule has 27 heavy (non-hydrogen) atoms. The van der Waals surface area contributed by atoms with Gasteiger partial charge in [0.2, 0.25) is 15.9 Å². The molecule has 1 aliphatic rings. The van der Waals surface area contributed by atoms with E-state index < -0.39 is 10.0 Å². The van der Waals surface area contributed by atoms with Crippen LogP contribution in [0.15, 0.2) is 41.4 Å². The van der Waals surface area contributed by atoms with Gasteiger partial charge in [0.05, 0.1) is 24.3 Å². The molecule has 0 amide bonds. The molecule has 0 unspecified atom stereocenters. The molecular formula is C19H22N4O3S. The molecule has 0 saturated carbocycles. The number of hydrogen-bond donors (Lipinski definition) is 1. The van der Waals surface area contributed by atoms with Crippen LogP contribution in [0.5, 0.6) is 5.88 Å². The maximum absolute atomic E-state index is 13.0. The van der Waals surface area contributed by atoms with E-state index in [9.17, 15) is 8.42 Å². The van der Waals surface area contributed by atoms with Gasteiger partial charge in [-0.3, -0.25) is 0 Å². The highest BCUT2D eigenvalue weighted by Gasteiger charge is 2.32. The fourth-order valence-corrected chi connectivity index (χ4v) is 4.98. The summed E-state index contributed by atoms with van der Waals surface area (Å²) in [5, 5.41) is 0. The van der Waals surface area contributed by atoms with Gasteiger partial charge in [-0.15, -0.1) is 0 Å². The van der Waals surface area contributed by atoms with Gasteiger partial charge in [0.25, 0.3) is 0 Å². The van der Waals surface area contributed by atoms with E-state index in [0.717, 1.165) is 35.3 Å². The number of fused-ring (bicyclic) bond motifs is 1. The lowest BCUT2D eigenvalue weighted by Crippen LogP contribution is -2.39. The first-order valence-electron chi connectivity index (χ1n) is 8.94. The molecule has 3 heterocycles. The first-order chi connectivity index (χ1) is 13.0. The summed E-state index contributed by atoms with van der Waals surface area (Å²) in [6.07, 6.45) is 3.05. The van der Waals surface area contributed by atoms with Crippen LogP contribution < -0.4 is 4.74 Å². The molecule has 1 atom stereocenters. The van der Waals surface area contributed by atoms with Crippen molar-refractivity contribution in [3.05, 3.63) is 47.9 Å². The van der Waals surface area contributed by atoms with Crippen molar-refractivity contribution in [1.82, 2.24) is 19.3 Å². The average molecular weight is 386 g/mol. The molecule has 7 nitrogen and oxygen atoms in total. The fraction of sp³-hybridized carbons (Fsp3) is 0.368. The van der Waals surface area contributed by atoms with E-state index in [4.69, 9.17) is 4.74 Å². The summed E-state index contributed by atoms with van der Waals surface area (Å²) in [5.41, 5.74) is 3.07. The lowest BCUT2D eigenvalue weighted by atomic mass is 9.99. The molecule has 142 valence electrons. The molecule has 4 rings (SSSR count). The Hall–Kier alpha value is -2.45. The van der Waals surface area contributed by atoms with Crippen molar-refractivity contribution in [2.75, 3.05) is 20.2 Å². The smallest absolute Gasteiger partial charge is 0.244 e. The SMILES string of the molecule is COc1ccc(S(=O)(=O)N2CCC[C@@H](c3nc4ccc(C)cc4[nH]3)C2)cn1. The maximum atomic E-state index is 13.0. The highest BCUT2D eigenvalue weighted by atomic mass is 32.2. The number of methoxy groups -OCH3 is 1. The molecule has 3 aromatic rings. The molecule has 1 aromatic carbocycles. The molecule has 0 radical (unpaired) electrons. The van der Waals surface area contributed by atoms with Gasteiger partial charge in [-0.05, 0) is 43.5 Å².